The molecule has 1 atom stereocenters. The normalized spacial score (nSPS) is 12.3. The maximum absolute atomic E-state index is 13.2. The molecule has 0 fully saturated rings. The van der Waals surface area contributed by atoms with Crippen LogP contribution in [0.2, 0.25) is 0 Å². The van der Waals surface area contributed by atoms with Crippen molar-refractivity contribution in [2.24, 2.45) is 0 Å². The van der Waals surface area contributed by atoms with E-state index in [2.05, 4.69) is 13.8 Å². The number of imide groups is 1. The van der Waals surface area contributed by atoms with E-state index in [9.17, 15) is 14.7 Å². The highest BCUT2D eigenvalue weighted by atomic mass is 35.5. The van der Waals surface area contributed by atoms with Gasteiger partial charge >= 0.3 is 11.8 Å². The third-order valence-electron chi connectivity index (χ3n) is 9.72. The lowest BCUT2D eigenvalue weighted by Crippen LogP contribution is -3.00. The Labute approximate surface area is 288 Å². The molecule has 0 aliphatic rings. The number of hydrogen-bond donors (Lipinski definition) is 1. The Morgan fingerprint density at radius 3 is 0.844 bits per heavy atom. The van der Waals surface area contributed by atoms with Crippen LogP contribution in [0.25, 0.3) is 0 Å². The zero-order valence-corrected chi connectivity index (χ0v) is 31.8. The van der Waals surface area contributed by atoms with Gasteiger partial charge in [0.15, 0.2) is 0 Å². The topological polar surface area (TPSA) is 54.4 Å². The Balaban J connectivity index is 0. The number of nitrogens with zero attached hydrogens (tertiary/aromatic N) is 1. The van der Waals surface area contributed by atoms with Crippen LogP contribution in [-0.4, -0.2) is 41.1 Å². The van der Waals surface area contributed by atoms with Crippen LogP contribution < -0.4 is 12.4 Å². The van der Waals surface area contributed by atoms with E-state index in [1.165, 1.54) is 167 Å². The third kappa shape index (κ3) is 29.4. The van der Waals surface area contributed by atoms with Gasteiger partial charge in [0.1, 0.15) is 12.6 Å². The molecule has 1 N–H and O–H groups in total. The van der Waals surface area contributed by atoms with E-state index in [1.807, 2.05) is 0 Å². The Morgan fingerprint density at radius 2 is 0.644 bits per heavy atom. The van der Waals surface area contributed by atoms with E-state index >= 15 is 0 Å². The predicted molar refractivity (Wildman–Crippen MR) is 192 cm³/mol. The number of carbonyl (C=O) groups is 2. The quantitative estimate of drug-likeness (QED) is 0.0554. The molecule has 0 bridgehead atoms. The van der Waals surface area contributed by atoms with Crippen LogP contribution >= 0.6 is 0 Å². The third-order valence-corrected chi connectivity index (χ3v) is 9.72. The second kappa shape index (κ2) is 34.9. The van der Waals surface area contributed by atoms with Gasteiger partial charge in [-0.25, -0.2) is 9.59 Å². The molecule has 0 aliphatic heterocycles. The fourth-order valence-electron chi connectivity index (χ4n) is 6.66. The monoisotopic (exact) mass is 658 g/mol. The summed E-state index contributed by atoms with van der Waals surface area (Å²) in [6.45, 7) is 6.45. The van der Waals surface area contributed by atoms with Gasteiger partial charge in [-0.15, -0.1) is 0 Å². The summed E-state index contributed by atoms with van der Waals surface area (Å²) in [6, 6.07) is 0. The highest BCUT2D eigenvalue weighted by molar-refractivity contribution is 5.84. The van der Waals surface area contributed by atoms with Crippen molar-refractivity contribution in [1.82, 2.24) is 0 Å². The smallest absolute Gasteiger partial charge is 0.320 e. The van der Waals surface area contributed by atoms with Gasteiger partial charge in [-0.2, -0.15) is 4.48 Å². The molecule has 0 saturated carbocycles. The van der Waals surface area contributed by atoms with Crippen LogP contribution in [0, 0.1) is 0 Å². The second-order valence-corrected chi connectivity index (χ2v) is 14.4. The van der Waals surface area contributed by atoms with Gasteiger partial charge in [0, 0.05) is 0 Å². The molecule has 2 amide bonds. The SMILES string of the molecule is CCCCCCCCCCCCCCCCCC(=O)[N+](C)(CC(C)O)C(=O)CCCCCCCCCCCCCCCCC.[Cl-]. The summed E-state index contributed by atoms with van der Waals surface area (Å²) in [5, 5.41) is 10.1. The van der Waals surface area contributed by atoms with Crippen LogP contribution in [0.4, 0.5) is 0 Å². The van der Waals surface area contributed by atoms with Crippen molar-refractivity contribution >= 4 is 11.8 Å². The Hall–Kier alpha value is -0.450. The Kier molecular flexibility index (Phi) is 36.2. The first-order chi connectivity index (χ1) is 21.4. The molecular formula is C40H80ClNO3. The number of rotatable bonds is 34. The minimum absolute atomic E-state index is 0. The Bertz CT molecular complexity index is 593. The lowest BCUT2D eigenvalue weighted by atomic mass is 10.0. The number of amides is 2. The largest absolute Gasteiger partial charge is 1.00 e. The van der Waals surface area contributed by atoms with Gasteiger partial charge in [-0.1, -0.05) is 194 Å². The minimum atomic E-state index is -0.657. The van der Waals surface area contributed by atoms with Crippen molar-refractivity contribution in [3.05, 3.63) is 0 Å². The zero-order chi connectivity index (χ0) is 32.6. The van der Waals surface area contributed by atoms with Crippen molar-refractivity contribution in [2.75, 3.05) is 13.6 Å². The number of aliphatic hydroxyl groups excluding tert-OH is 1. The average Bonchev–Trinajstić information content (AvgIpc) is 3.00. The van der Waals surface area contributed by atoms with Crippen LogP contribution in [-0.2, 0) is 9.59 Å². The van der Waals surface area contributed by atoms with Gasteiger partial charge in [-0.3, -0.25) is 0 Å². The second-order valence-electron chi connectivity index (χ2n) is 14.4. The highest BCUT2D eigenvalue weighted by Crippen LogP contribution is 2.19. The molecule has 0 aliphatic carbocycles. The molecular weight excluding hydrogens is 578 g/mol. The fraction of sp³-hybridized carbons (Fsp3) is 0.950. The number of quaternary nitrogens is 1. The van der Waals surface area contributed by atoms with E-state index in [0.717, 1.165) is 25.7 Å². The molecule has 45 heavy (non-hydrogen) atoms. The lowest BCUT2D eigenvalue weighted by molar-refractivity contribution is -0.762. The summed E-state index contributed by atoms with van der Waals surface area (Å²) >= 11 is 0. The van der Waals surface area contributed by atoms with Gasteiger partial charge in [0.05, 0.1) is 19.9 Å². The minimum Gasteiger partial charge on any atom is -1.00 e. The molecule has 5 heteroatoms. The summed E-state index contributed by atoms with van der Waals surface area (Å²) in [7, 11) is 1.74. The molecule has 0 spiro atoms. The van der Waals surface area contributed by atoms with Gasteiger partial charge < -0.3 is 17.5 Å². The fourth-order valence-corrected chi connectivity index (χ4v) is 6.66. The molecule has 4 nitrogen and oxygen atoms in total. The zero-order valence-electron chi connectivity index (χ0n) is 31.0. The standard InChI is InChI=1S/C40H80NO3.ClH/c1-5-7-9-11-13-15-17-19-21-23-25-27-29-31-33-35-39(43)41(4,37-38(3)42)40(44)36-34-32-30-28-26-24-22-20-18-16-14-12-10-8-6-2;/h38,42H,5-37H2,1-4H3;1H/q+1;/p-1. The first-order valence-electron chi connectivity index (χ1n) is 20.0. The van der Waals surface area contributed by atoms with Crippen LogP contribution in [0.15, 0.2) is 0 Å². The maximum Gasteiger partial charge on any atom is 0.320 e. The molecule has 0 saturated heterocycles. The van der Waals surface area contributed by atoms with E-state index in [1.54, 1.807) is 14.0 Å². The van der Waals surface area contributed by atoms with Crippen LogP contribution in [0.5, 0.6) is 0 Å². The number of carbonyl (C=O) groups excluding carboxylic acids is 2. The van der Waals surface area contributed by atoms with Crippen molar-refractivity contribution in [3.8, 4) is 0 Å². The van der Waals surface area contributed by atoms with E-state index in [0.29, 0.717) is 12.8 Å². The summed E-state index contributed by atoms with van der Waals surface area (Å²) in [4.78, 5) is 26.4. The van der Waals surface area contributed by atoms with Crippen molar-refractivity contribution in [2.45, 2.75) is 232 Å². The average molecular weight is 659 g/mol. The molecule has 0 aromatic carbocycles. The number of aliphatic hydroxyl groups is 1. The van der Waals surface area contributed by atoms with Gasteiger partial charge in [0.25, 0.3) is 0 Å². The summed E-state index contributed by atoms with van der Waals surface area (Å²) in [6.07, 6.45) is 39.3. The predicted octanol–water partition coefficient (Wildman–Crippen LogP) is 9.39. The van der Waals surface area contributed by atoms with E-state index in [4.69, 9.17) is 0 Å². The van der Waals surface area contributed by atoms with E-state index in [-0.39, 0.29) is 35.2 Å². The molecule has 1 unspecified atom stereocenters. The van der Waals surface area contributed by atoms with E-state index < -0.39 is 6.10 Å². The first kappa shape index (κ1) is 46.7. The number of hydrogen-bond acceptors (Lipinski definition) is 3. The maximum atomic E-state index is 13.2. The number of likely N-dealkylation sites (N-methyl/N-ethyl adjacent to an activating group) is 1. The van der Waals surface area contributed by atoms with Crippen molar-refractivity contribution in [3.63, 3.8) is 0 Å². The lowest BCUT2D eigenvalue weighted by Gasteiger charge is -2.30. The number of unbranched alkanes of at least 4 members (excludes halogenated alkanes) is 28. The summed E-state index contributed by atoms with van der Waals surface area (Å²) in [5.41, 5.74) is 0. The van der Waals surface area contributed by atoms with Gasteiger partial charge in [-0.05, 0) is 19.8 Å². The summed E-state index contributed by atoms with van der Waals surface area (Å²) in [5.74, 6) is -0.0156. The Morgan fingerprint density at radius 1 is 0.444 bits per heavy atom. The molecule has 0 radical (unpaired) electrons. The van der Waals surface area contributed by atoms with Crippen molar-refractivity contribution in [1.29, 1.82) is 0 Å². The van der Waals surface area contributed by atoms with Crippen molar-refractivity contribution < 1.29 is 31.6 Å². The first-order valence-corrected chi connectivity index (χ1v) is 20.0. The molecule has 0 aromatic rings. The van der Waals surface area contributed by atoms with Gasteiger partial charge in [0.2, 0.25) is 0 Å². The highest BCUT2D eigenvalue weighted by Gasteiger charge is 2.39. The molecule has 0 aromatic heterocycles. The van der Waals surface area contributed by atoms with Crippen LogP contribution in [0.1, 0.15) is 226 Å². The molecule has 0 rings (SSSR count). The van der Waals surface area contributed by atoms with Crippen LogP contribution in [0.3, 0.4) is 0 Å². The number of halogens is 1. The molecule has 270 valence electrons. The molecule has 0 heterocycles. The summed E-state index contributed by atoms with van der Waals surface area (Å²) < 4.78 is -0.227.